The fourth-order valence-electron chi connectivity index (χ4n) is 12.2. The number of rotatable bonds is 7. The number of phenolic OH excluding ortho intramolecular Hbond substituents is 1. The zero-order chi connectivity index (χ0) is 35.5. The molecule has 2 aliphatic heterocycles. The number of epoxide rings is 1. The van der Waals surface area contributed by atoms with E-state index in [-0.39, 0.29) is 66.2 Å². The van der Waals surface area contributed by atoms with E-state index in [1.165, 1.54) is 0 Å². The van der Waals surface area contributed by atoms with Crippen molar-refractivity contribution in [2.45, 2.75) is 128 Å². The zero-order valence-electron chi connectivity index (χ0n) is 29.9. The number of aryl methyl sites for hydroxylation is 1. The molecule has 9 heteroatoms. The molecule has 2 saturated heterocycles. The van der Waals surface area contributed by atoms with Crippen molar-refractivity contribution in [3.63, 3.8) is 0 Å². The number of hydrogen-bond donors (Lipinski definition) is 5. The highest BCUT2D eigenvalue weighted by atomic mass is 16.6. The van der Waals surface area contributed by atoms with Crippen molar-refractivity contribution in [3.05, 3.63) is 47.6 Å². The normalized spacial score (nSPS) is 45.5. The predicted molar refractivity (Wildman–Crippen MR) is 187 cm³/mol. The number of amides is 1. The Hall–Kier alpha value is -2.56. The topological polar surface area (TPSA) is 151 Å². The van der Waals surface area contributed by atoms with Gasteiger partial charge in [-0.2, -0.15) is 0 Å². The number of aliphatic hydroxyl groups excluding tert-OH is 2. The smallest absolute Gasteiger partial charge is 0.227 e. The Morgan fingerprint density at radius 3 is 2.54 bits per heavy atom. The molecule has 1 amide bonds. The maximum atomic E-state index is 14.0. The summed E-state index contributed by atoms with van der Waals surface area (Å²) >= 11 is 0. The number of fused-ring (bicyclic) bond motifs is 4. The van der Waals surface area contributed by atoms with E-state index < -0.39 is 40.2 Å². The minimum Gasteiger partial charge on any atom is -0.508 e. The van der Waals surface area contributed by atoms with Crippen LogP contribution in [0, 0.1) is 46.3 Å². The molecule has 50 heavy (non-hydrogen) atoms. The number of ketones is 1. The van der Waals surface area contributed by atoms with E-state index in [1.807, 2.05) is 6.07 Å². The molecule has 0 bridgehead atoms. The monoisotopic (exact) mass is 689 g/mol. The first-order chi connectivity index (χ1) is 23.6. The molecule has 13 atom stereocenters. The number of hydrogen-bond acceptors (Lipinski definition) is 8. The Bertz CT molecular complexity index is 1640. The van der Waals surface area contributed by atoms with Gasteiger partial charge in [0.05, 0.1) is 23.9 Å². The second-order valence-electron chi connectivity index (χ2n) is 17.8. The first-order valence-corrected chi connectivity index (χ1v) is 19.2. The van der Waals surface area contributed by atoms with Crippen molar-refractivity contribution in [3.8, 4) is 5.75 Å². The summed E-state index contributed by atoms with van der Waals surface area (Å²) in [5.74, 6) is -0.415. The number of carbonyl (C=O) groups is 2. The number of allylic oxidation sites excluding steroid dienone is 2. The lowest BCUT2D eigenvalue weighted by molar-refractivity contribution is -0.182. The highest BCUT2D eigenvalue weighted by Crippen LogP contribution is 2.73. The SMILES string of the molecule is CC(C)[C@@H](C)[C@H]1O[C@H]1[C@]1(O)CC=C[C@H]2C[C@@H]3C(=CC(=O)[C@H]4C[C@@H](O)[C@@H](O)C[C@@]43C)[C@@]3(O)CC[C@H]1[C@@]23CCc1cc(O)cc(N2CCCC2=O)c1. The molecule has 8 rings (SSSR count). The summed E-state index contributed by atoms with van der Waals surface area (Å²) in [6, 6.07) is 5.34. The Kier molecular flexibility index (Phi) is 8.09. The van der Waals surface area contributed by atoms with Crippen LogP contribution in [0.1, 0.15) is 91.0 Å². The molecular formula is C41H55NO8. The summed E-state index contributed by atoms with van der Waals surface area (Å²) in [4.78, 5) is 28.4. The minimum atomic E-state index is -1.41. The largest absolute Gasteiger partial charge is 0.508 e. The summed E-state index contributed by atoms with van der Waals surface area (Å²) in [5, 5.41) is 58.9. The molecule has 5 aliphatic carbocycles. The second kappa shape index (κ2) is 11.7. The van der Waals surface area contributed by atoms with Crippen molar-refractivity contribution in [2.75, 3.05) is 11.4 Å². The first kappa shape index (κ1) is 34.5. The molecule has 7 aliphatic rings. The number of aliphatic hydroxyl groups is 4. The molecule has 2 heterocycles. The lowest BCUT2D eigenvalue weighted by Gasteiger charge is -2.63. The number of phenols is 1. The third-order valence-electron chi connectivity index (χ3n) is 15.2. The second-order valence-corrected chi connectivity index (χ2v) is 17.8. The van der Waals surface area contributed by atoms with Gasteiger partial charge in [-0.25, -0.2) is 0 Å². The summed E-state index contributed by atoms with van der Waals surface area (Å²) in [6.07, 6.45) is 8.44. The van der Waals surface area contributed by atoms with Gasteiger partial charge < -0.3 is 35.2 Å². The van der Waals surface area contributed by atoms with Gasteiger partial charge in [0, 0.05) is 42.0 Å². The number of anilines is 1. The lowest BCUT2D eigenvalue weighted by Crippen LogP contribution is -2.66. The van der Waals surface area contributed by atoms with Crippen LogP contribution in [0.15, 0.2) is 42.0 Å². The fourth-order valence-corrected chi connectivity index (χ4v) is 12.2. The van der Waals surface area contributed by atoms with Crippen LogP contribution in [0.2, 0.25) is 0 Å². The van der Waals surface area contributed by atoms with E-state index in [2.05, 4.69) is 39.8 Å². The van der Waals surface area contributed by atoms with Gasteiger partial charge in [0.2, 0.25) is 5.91 Å². The standard InChI is InChI=1S/C41H55NO8/c1-22(2)23(3)36-37(50-36)40(48)11-5-7-25-17-28-29(19-31(44)30-20-32(45)33(46)21-38(28,30)4)41(49)13-10-34(40)39(25,41)12-9-24-15-26(18-27(43)16-24)42-14-6-8-35(42)47/h5,7,15-16,18-19,22-23,25,28,30,32-34,36-37,43,45-46,48-49H,6,8-14,17,20-21H2,1-4H3/t23-,25+,28-,30-,32-,33+,34+,36-,37-,38-,39-,40+,41+/m1/s1. The van der Waals surface area contributed by atoms with Crippen LogP contribution in [-0.2, 0) is 20.7 Å². The van der Waals surface area contributed by atoms with Gasteiger partial charge in [-0.05, 0) is 116 Å². The van der Waals surface area contributed by atoms with Gasteiger partial charge in [0.25, 0.3) is 0 Å². The third kappa shape index (κ3) is 4.82. The number of aromatic hydroxyl groups is 1. The average Bonchev–Trinajstić information content (AvgIpc) is 3.68. The Morgan fingerprint density at radius 1 is 1.04 bits per heavy atom. The highest BCUT2D eigenvalue weighted by molar-refractivity contribution is 5.96. The summed E-state index contributed by atoms with van der Waals surface area (Å²) in [7, 11) is 0. The molecule has 1 aromatic rings. The van der Waals surface area contributed by atoms with Crippen LogP contribution in [-0.4, -0.2) is 79.4 Å². The van der Waals surface area contributed by atoms with Crippen LogP contribution in [0.25, 0.3) is 0 Å². The van der Waals surface area contributed by atoms with E-state index in [0.29, 0.717) is 63.1 Å². The van der Waals surface area contributed by atoms with Crippen molar-refractivity contribution in [2.24, 2.45) is 46.3 Å². The molecule has 0 aromatic heterocycles. The van der Waals surface area contributed by atoms with E-state index in [0.717, 1.165) is 17.6 Å². The number of carbonyl (C=O) groups excluding carboxylic acids is 2. The number of benzene rings is 1. The van der Waals surface area contributed by atoms with Crippen LogP contribution < -0.4 is 4.90 Å². The maximum absolute atomic E-state index is 14.0. The summed E-state index contributed by atoms with van der Waals surface area (Å²) < 4.78 is 6.38. The zero-order valence-corrected chi connectivity index (χ0v) is 29.9. The first-order valence-electron chi connectivity index (χ1n) is 19.2. The van der Waals surface area contributed by atoms with Gasteiger partial charge >= 0.3 is 0 Å². The summed E-state index contributed by atoms with van der Waals surface area (Å²) in [5.41, 5.74) is -1.85. The molecule has 0 radical (unpaired) electrons. The molecule has 0 spiro atoms. The van der Waals surface area contributed by atoms with Crippen molar-refractivity contribution in [1.82, 2.24) is 0 Å². The molecular weight excluding hydrogens is 634 g/mol. The molecule has 9 nitrogen and oxygen atoms in total. The van der Waals surface area contributed by atoms with Gasteiger partial charge in [-0.15, -0.1) is 0 Å². The maximum Gasteiger partial charge on any atom is 0.227 e. The van der Waals surface area contributed by atoms with Gasteiger partial charge in [0.15, 0.2) is 5.78 Å². The minimum absolute atomic E-state index is 0.0421. The Labute approximate surface area is 295 Å². The van der Waals surface area contributed by atoms with Crippen LogP contribution in [0.5, 0.6) is 5.75 Å². The molecule has 272 valence electrons. The average molecular weight is 690 g/mol. The third-order valence-corrected chi connectivity index (χ3v) is 15.2. The van der Waals surface area contributed by atoms with Crippen molar-refractivity contribution in [1.29, 1.82) is 0 Å². The molecule has 5 fully saturated rings. The van der Waals surface area contributed by atoms with Crippen molar-refractivity contribution >= 4 is 17.4 Å². The number of nitrogens with zero attached hydrogens (tertiary/aromatic N) is 1. The van der Waals surface area contributed by atoms with Crippen LogP contribution in [0.3, 0.4) is 0 Å². The van der Waals surface area contributed by atoms with E-state index in [4.69, 9.17) is 4.74 Å². The molecule has 0 unspecified atom stereocenters. The molecule has 5 N–H and O–H groups in total. The number of ether oxygens (including phenoxy) is 1. The van der Waals surface area contributed by atoms with Crippen LogP contribution in [0.4, 0.5) is 5.69 Å². The van der Waals surface area contributed by atoms with Gasteiger partial charge in [0.1, 0.15) is 17.5 Å². The van der Waals surface area contributed by atoms with E-state index >= 15 is 0 Å². The summed E-state index contributed by atoms with van der Waals surface area (Å²) in [6.45, 7) is 9.20. The lowest BCUT2D eigenvalue weighted by atomic mass is 9.42. The van der Waals surface area contributed by atoms with Crippen molar-refractivity contribution < 1.29 is 39.9 Å². The van der Waals surface area contributed by atoms with Gasteiger partial charge in [-0.3, -0.25) is 9.59 Å². The Morgan fingerprint density at radius 2 is 1.82 bits per heavy atom. The predicted octanol–water partition coefficient (Wildman–Crippen LogP) is 4.61. The van der Waals surface area contributed by atoms with Gasteiger partial charge in [-0.1, -0.05) is 39.8 Å². The molecule has 1 aromatic carbocycles. The Balaban J connectivity index is 1.23. The van der Waals surface area contributed by atoms with E-state index in [1.54, 1.807) is 23.1 Å². The molecule has 3 saturated carbocycles. The fraction of sp³-hybridized carbons (Fsp3) is 0.707. The van der Waals surface area contributed by atoms with Crippen LogP contribution >= 0.6 is 0 Å². The van der Waals surface area contributed by atoms with E-state index in [9.17, 15) is 35.1 Å². The quantitative estimate of drug-likeness (QED) is 0.206. The highest BCUT2D eigenvalue weighted by Gasteiger charge is 2.75.